The summed E-state index contributed by atoms with van der Waals surface area (Å²) in [6.45, 7) is 4.50. The molecule has 0 bridgehead atoms. The van der Waals surface area contributed by atoms with E-state index < -0.39 is 6.04 Å². The van der Waals surface area contributed by atoms with Crippen LogP contribution < -0.4 is 5.32 Å². The SMILES string of the molecule is CC(C)CC(=O)N1Cc2ccccc2CC1C(=O)Nc1nc(-c2ccccc2)cs1. The van der Waals surface area contributed by atoms with Gasteiger partial charge in [-0.05, 0) is 17.0 Å². The molecule has 3 aromatic rings. The highest BCUT2D eigenvalue weighted by Gasteiger charge is 2.34. The summed E-state index contributed by atoms with van der Waals surface area (Å²) >= 11 is 1.40. The van der Waals surface area contributed by atoms with Gasteiger partial charge >= 0.3 is 0 Å². The van der Waals surface area contributed by atoms with Crippen LogP contribution in [0.4, 0.5) is 5.13 Å². The van der Waals surface area contributed by atoms with Gasteiger partial charge in [0.15, 0.2) is 5.13 Å². The maximum atomic E-state index is 13.2. The minimum atomic E-state index is -0.532. The largest absolute Gasteiger partial charge is 0.326 e. The molecular formula is C24H25N3O2S. The molecule has 0 spiro atoms. The molecule has 2 heterocycles. The summed E-state index contributed by atoms with van der Waals surface area (Å²) in [5.41, 5.74) is 4.07. The van der Waals surface area contributed by atoms with Crippen molar-refractivity contribution < 1.29 is 9.59 Å². The fourth-order valence-corrected chi connectivity index (χ4v) is 4.47. The molecule has 154 valence electrons. The third kappa shape index (κ3) is 4.44. The highest BCUT2D eigenvalue weighted by atomic mass is 32.1. The molecule has 0 radical (unpaired) electrons. The number of rotatable bonds is 5. The van der Waals surface area contributed by atoms with Gasteiger partial charge in [0.05, 0.1) is 5.69 Å². The standard InChI is InChI=1S/C24H25N3O2S/c1-16(2)12-22(28)27-14-19-11-7-6-10-18(19)13-21(27)23(29)26-24-25-20(15-30-24)17-8-4-3-5-9-17/h3-11,15-16,21H,12-14H2,1-2H3,(H,25,26,29). The molecule has 0 aliphatic carbocycles. The van der Waals surface area contributed by atoms with Gasteiger partial charge in [0.1, 0.15) is 6.04 Å². The Morgan fingerprint density at radius 2 is 1.80 bits per heavy atom. The number of fused-ring (bicyclic) bond motifs is 1. The Morgan fingerprint density at radius 1 is 1.10 bits per heavy atom. The molecule has 0 saturated heterocycles. The Balaban J connectivity index is 1.55. The predicted octanol–water partition coefficient (Wildman–Crippen LogP) is 4.75. The molecular weight excluding hydrogens is 394 g/mol. The van der Waals surface area contributed by atoms with Crippen LogP contribution in [0.2, 0.25) is 0 Å². The average molecular weight is 420 g/mol. The van der Waals surface area contributed by atoms with E-state index in [1.807, 2.05) is 73.8 Å². The van der Waals surface area contributed by atoms with Gasteiger partial charge in [0, 0.05) is 30.3 Å². The second-order valence-electron chi connectivity index (χ2n) is 8.00. The summed E-state index contributed by atoms with van der Waals surface area (Å²) in [5.74, 6) is 0.0742. The fraction of sp³-hybridized carbons (Fsp3) is 0.292. The molecule has 1 aliphatic heterocycles. The predicted molar refractivity (Wildman–Crippen MR) is 120 cm³/mol. The molecule has 4 rings (SSSR count). The number of benzene rings is 2. The normalized spacial score (nSPS) is 15.7. The van der Waals surface area contributed by atoms with Crippen LogP contribution in [0.1, 0.15) is 31.4 Å². The lowest BCUT2D eigenvalue weighted by Gasteiger charge is -2.36. The van der Waals surface area contributed by atoms with Gasteiger partial charge in [-0.25, -0.2) is 4.98 Å². The van der Waals surface area contributed by atoms with Crippen LogP contribution in [0.15, 0.2) is 60.0 Å². The van der Waals surface area contributed by atoms with Gasteiger partial charge < -0.3 is 10.2 Å². The second kappa shape index (κ2) is 8.79. The topological polar surface area (TPSA) is 62.3 Å². The van der Waals surface area contributed by atoms with E-state index in [9.17, 15) is 9.59 Å². The van der Waals surface area contributed by atoms with Gasteiger partial charge in [0.2, 0.25) is 11.8 Å². The third-order valence-electron chi connectivity index (χ3n) is 5.26. The number of hydrogen-bond donors (Lipinski definition) is 1. The summed E-state index contributed by atoms with van der Waals surface area (Å²) in [4.78, 5) is 32.4. The number of amides is 2. The Kier molecular flexibility index (Phi) is 5.95. The first kappa shape index (κ1) is 20.3. The van der Waals surface area contributed by atoms with Crippen LogP contribution in [0.5, 0.6) is 0 Å². The lowest BCUT2D eigenvalue weighted by Crippen LogP contribution is -2.50. The Bertz CT molecular complexity index is 1050. The first-order valence-corrected chi connectivity index (χ1v) is 11.1. The number of carbonyl (C=O) groups excluding carboxylic acids is 2. The highest BCUT2D eigenvalue weighted by Crippen LogP contribution is 2.28. The number of aromatic nitrogens is 1. The van der Waals surface area contributed by atoms with E-state index in [2.05, 4.69) is 10.3 Å². The molecule has 2 amide bonds. The number of nitrogens with zero attached hydrogens (tertiary/aromatic N) is 2. The molecule has 0 fully saturated rings. The maximum Gasteiger partial charge on any atom is 0.249 e. The summed E-state index contributed by atoms with van der Waals surface area (Å²) in [6.07, 6.45) is 0.949. The van der Waals surface area contributed by atoms with Gasteiger partial charge in [-0.1, -0.05) is 68.4 Å². The van der Waals surface area contributed by atoms with Gasteiger partial charge in [-0.2, -0.15) is 0 Å². The van der Waals surface area contributed by atoms with E-state index in [-0.39, 0.29) is 17.7 Å². The van der Waals surface area contributed by atoms with Crippen LogP contribution in [0, 0.1) is 5.92 Å². The summed E-state index contributed by atoms with van der Waals surface area (Å²) in [6, 6.07) is 17.4. The average Bonchev–Trinajstić information content (AvgIpc) is 3.21. The molecule has 1 N–H and O–H groups in total. The number of anilines is 1. The van der Waals surface area contributed by atoms with Crippen LogP contribution in [-0.2, 0) is 22.6 Å². The van der Waals surface area contributed by atoms with Crippen LogP contribution in [0.25, 0.3) is 11.3 Å². The molecule has 2 aromatic carbocycles. The van der Waals surface area contributed by atoms with Crippen molar-refractivity contribution in [3.8, 4) is 11.3 Å². The van der Waals surface area contributed by atoms with Crippen molar-refractivity contribution >= 4 is 28.3 Å². The summed E-state index contributed by atoms with van der Waals surface area (Å²) < 4.78 is 0. The number of hydrogen-bond acceptors (Lipinski definition) is 4. The number of nitrogens with one attached hydrogen (secondary N) is 1. The van der Waals surface area contributed by atoms with Crippen molar-refractivity contribution in [3.63, 3.8) is 0 Å². The minimum absolute atomic E-state index is 0.0174. The first-order chi connectivity index (χ1) is 14.5. The molecule has 6 heteroatoms. The van der Waals surface area contributed by atoms with Gasteiger partial charge in [-0.15, -0.1) is 11.3 Å². The molecule has 5 nitrogen and oxygen atoms in total. The Morgan fingerprint density at radius 3 is 2.53 bits per heavy atom. The second-order valence-corrected chi connectivity index (χ2v) is 8.86. The zero-order valence-corrected chi connectivity index (χ0v) is 18.0. The summed E-state index contributed by atoms with van der Waals surface area (Å²) in [7, 11) is 0. The molecule has 30 heavy (non-hydrogen) atoms. The van der Waals surface area contributed by atoms with E-state index >= 15 is 0 Å². The van der Waals surface area contributed by atoms with Gasteiger partial charge in [0.25, 0.3) is 0 Å². The van der Waals surface area contributed by atoms with Gasteiger partial charge in [-0.3, -0.25) is 9.59 Å². The summed E-state index contributed by atoms with van der Waals surface area (Å²) in [5, 5.41) is 5.43. The lowest BCUT2D eigenvalue weighted by atomic mass is 9.92. The van der Waals surface area contributed by atoms with Crippen LogP contribution in [0.3, 0.4) is 0 Å². The number of thiazole rings is 1. The third-order valence-corrected chi connectivity index (χ3v) is 6.02. The van der Waals surface area contributed by atoms with Crippen molar-refractivity contribution in [2.75, 3.05) is 5.32 Å². The molecule has 1 aromatic heterocycles. The van der Waals surface area contributed by atoms with Crippen molar-refractivity contribution in [1.82, 2.24) is 9.88 Å². The lowest BCUT2D eigenvalue weighted by molar-refractivity contribution is -0.140. The Hall–Kier alpha value is -2.99. The molecule has 1 unspecified atom stereocenters. The number of carbonyl (C=O) groups is 2. The van der Waals surface area contributed by atoms with Crippen molar-refractivity contribution in [2.24, 2.45) is 5.92 Å². The van der Waals surface area contributed by atoms with Crippen molar-refractivity contribution in [3.05, 3.63) is 71.1 Å². The highest BCUT2D eigenvalue weighted by molar-refractivity contribution is 7.14. The van der Waals surface area contributed by atoms with E-state index in [0.717, 1.165) is 22.4 Å². The van der Waals surface area contributed by atoms with Crippen LogP contribution >= 0.6 is 11.3 Å². The fourth-order valence-electron chi connectivity index (χ4n) is 3.75. The maximum absolute atomic E-state index is 13.2. The molecule has 1 aliphatic rings. The molecule has 1 atom stereocenters. The first-order valence-electron chi connectivity index (χ1n) is 10.2. The van der Waals surface area contributed by atoms with Crippen LogP contribution in [-0.4, -0.2) is 27.7 Å². The Labute approximate surface area is 180 Å². The smallest absolute Gasteiger partial charge is 0.249 e. The zero-order valence-electron chi connectivity index (χ0n) is 17.2. The van der Waals surface area contributed by atoms with Crippen molar-refractivity contribution in [2.45, 2.75) is 39.3 Å². The molecule has 0 saturated carbocycles. The van der Waals surface area contributed by atoms with E-state index in [1.54, 1.807) is 4.90 Å². The monoisotopic (exact) mass is 419 g/mol. The zero-order chi connectivity index (χ0) is 21.1. The van der Waals surface area contributed by atoms with Crippen molar-refractivity contribution in [1.29, 1.82) is 0 Å². The van der Waals surface area contributed by atoms with E-state index in [0.29, 0.717) is 24.5 Å². The minimum Gasteiger partial charge on any atom is -0.326 e. The quantitative estimate of drug-likeness (QED) is 0.649. The van der Waals surface area contributed by atoms with E-state index in [1.165, 1.54) is 11.3 Å². The van der Waals surface area contributed by atoms with E-state index in [4.69, 9.17) is 0 Å².